The number of carbonyl (C=O) groups is 3. The second-order valence-corrected chi connectivity index (χ2v) is 8.85. The number of carbonyl (C=O) groups excluding carboxylic acids is 3. The van der Waals surface area contributed by atoms with Crippen molar-refractivity contribution in [3.05, 3.63) is 35.0 Å². The molecule has 1 atom stereocenters. The van der Waals surface area contributed by atoms with Crippen molar-refractivity contribution in [1.82, 2.24) is 25.3 Å². The van der Waals surface area contributed by atoms with Gasteiger partial charge in [-0.05, 0) is 38.0 Å². The van der Waals surface area contributed by atoms with Gasteiger partial charge in [-0.1, -0.05) is 6.92 Å². The third kappa shape index (κ3) is 6.65. The fraction of sp³-hybridized carbons (Fsp3) is 0.577. The molecule has 0 saturated carbocycles. The van der Waals surface area contributed by atoms with E-state index in [0.29, 0.717) is 74.1 Å². The monoisotopic (exact) mass is 517 g/mol. The van der Waals surface area contributed by atoms with Gasteiger partial charge in [-0.3, -0.25) is 9.80 Å². The highest BCUT2D eigenvalue weighted by Crippen LogP contribution is 2.35. The smallest absolute Gasteiger partial charge is 0.338 e. The molecule has 3 rings (SSSR count). The number of rotatable bonds is 10. The van der Waals surface area contributed by atoms with Gasteiger partial charge in [0.05, 0.1) is 32.4 Å². The molecule has 0 unspecified atom stereocenters. The summed E-state index contributed by atoms with van der Waals surface area (Å²) in [5.41, 5.74) is 1.63. The number of likely N-dealkylation sites (N-methyl/N-ethyl adjacent to an activating group) is 1. The first-order valence-electron chi connectivity index (χ1n) is 12.8. The Morgan fingerprint density at radius 3 is 2.22 bits per heavy atom. The van der Waals surface area contributed by atoms with Crippen LogP contribution in [0.15, 0.2) is 29.5 Å². The van der Waals surface area contributed by atoms with Crippen molar-refractivity contribution in [1.29, 1.82) is 0 Å². The summed E-state index contributed by atoms with van der Waals surface area (Å²) in [6, 6.07) is 4.19. The number of hydrogen-bond acceptors (Lipinski definition) is 7. The first-order chi connectivity index (χ1) is 17.9. The zero-order chi connectivity index (χ0) is 26.9. The highest BCUT2D eigenvalue weighted by molar-refractivity contribution is 5.95. The van der Waals surface area contributed by atoms with Crippen LogP contribution in [0.25, 0.3) is 0 Å². The Balaban J connectivity index is 1.96. The zero-order valence-corrected chi connectivity index (χ0v) is 22.5. The topological polar surface area (TPSA) is 113 Å². The van der Waals surface area contributed by atoms with Crippen molar-refractivity contribution in [3.8, 4) is 11.5 Å². The fourth-order valence-electron chi connectivity index (χ4n) is 4.57. The van der Waals surface area contributed by atoms with Gasteiger partial charge in [0, 0.05) is 57.6 Å². The maximum atomic E-state index is 13.4. The van der Waals surface area contributed by atoms with Gasteiger partial charge in [0.15, 0.2) is 0 Å². The van der Waals surface area contributed by atoms with E-state index in [1.165, 1.54) is 0 Å². The summed E-state index contributed by atoms with van der Waals surface area (Å²) in [5, 5.41) is 5.89. The number of piperazine rings is 1. The molecule has 11 heteroatoms. The van der Waals surface area contributed by atoms with Gasteiger partial charge in [0.1, 0.15) is 11.5 Å². The number of esters is 1. The SMILES string of the molecule is CCCNC(=O)N1CCN(CC2=C(C(=O)OCC)[C@@H](c3cc(OC)cc(OC)c3)NC(=O)N2CC)CC1. The number of nitrogens with zero attached hydrogens (tertiary/aromatic N) is 3. The maximum Gasteiger partial charge on any atom is 0.338 e. The van der Waals surface area contributed by atoms with E-state index in [-0.39, 0.29) is 18.7 Å². The molecule has 0 spiro atoms. The van der Waals surface area contributed by atoms with Gasteiger partial charge in [-0.15, -0.1) is 0 Å². The molecule has 37 heavy (non-hydrogen) atoms. The van der Waals surface area contributed by atoms with E-state index < -0.39 is 12.0 Å². The lowest BCUT2D eigenvalue weighted by molar-refractivity contribution is -0.139. The van der Waals surface area contributed by atoms with Crippen molar-refractivity contribution >= 4 is 18.0 Å². The van der Waals surface area contributed by atoms with Gasteiger partial charge in [0.25, 0.3) is 0 Å². The molecule has 1 fully saturated rings. The minimum absolute atomic E-state index is 0.0628. The number of methoxy groups -OCH3 is 2. The summed E-state index contributed by atoms with van der Waals surface area (Å²) in [7, 11) is 3.10. The van der Waals surface area contributed by atoms with Crippen molar-refractivity contribution in [2.45, 2.75) is 33.2 Å². The minimum atomic E-state index is -0.741. The lowest BCUT2D eigenvalue weighted by Crippen LogP contribution is -2.55. The summed E-state index contributed by atoms with van der Waals surface area (Å²) in [5.74, 6) is 0.604. The number of nitrogens with one attached hydrogen (secondary N) is 2. The molecular weight excluding hydrogens is 478 g/mol. The number of benzene rings is 1. The average Bonchev–Trinajstić information content (AvgIpc) is 2.91. The average molecular weight is 518 g/mol. The first-order valence-corrected chi connectivity index (χ1v) is 12.8. The predicted molar refractivity (Wildman–Crippen MR) is 139 cm³/mol. The zero-order valence-electron chi connectivity index (χ0n) is 22.5. The predicted octanol–water partition coefficient (Wildman–Crippen LogP) is 2.34. The number of ether oxygens (including phenoxy) is 3. The molecule has 0 bridgehead atoms. The molecule has 2 aliphatic rings. The van der Waals surface area contributed by atoms with Gasteiger partial charge in [-0.25, -0.2) is 14.4 Å². The van der Waals surface area contributed by atoms with Crippen molar-refractivity contribution < 1.29 is 28.6 Å². The van der Waals surface area contributed by atoms with Gasteiger partial charge in [-0.2, -0.15) is 0 Å². The highest BCUT2D eigenvalue weighted by Gasteiger charge is 2.39. The van der Waals surface area contributed by atoms with Gasteiger partial charge in [0.2, 0.25) is 0 Å². The molecule has 1 aromatic carbocycles. The second-order valence-electron chi connectivity index (χ2n) is 8.85. The van der Waals surface area contributed by atoms with Crippen LogP contribution in [-0.2, 0) is 9.53 Å². The van der Waals surface area contributed by atoms with E-state index >= 15 is 0 Å². The Labute approximate surface area is 218 Å². The summed E-state index contributed by atoms with van der Waals surface area (Å²) in [4.78, 5) is 44.5. The summed E-state index contributed by atoms with van der Waals surface area (Å²) in [6.45, 7) is 9.61. The van der Waals surface area contributed by atoms with Crippen molar-refractivity contribution in [3.63, 3.8) is 0 Å². The molecule has 0 aromatic heterocycles. The van der Waals surface area contributed by atoms with Crippen LogP contribution in [0.5, 0.6) is 11.5 Å². The van der Waals surface area contributed by atoms with Crippen LogP contribution in [0.1, 0.15) is 38.8 Å². The largest absolute Gasteiger partial charge is 0.497 e. The number of amides is 4. The Morgan fingerprint density at radius 2 is 1.68 bits per heavy atom. The highest BCUT2D eigenvalue weighted by atomic mass is 16.5. The summed E-state index contributed by atoms with van der Waals surface area (Å²) < 4.78 is 16.3. The van der Waals surface area contributed by atoms with Crippen LogP contribution in [-0.4, -0.2) is 99.4 Å². The lowest BCUT2D eigenvalue weighted by Gasteiger charge is -2.40. The second kappa shape index (κ2) is 13.2. The van der Waals surface area contributed by atoms with E-state index in [4.69, 9.17) is 14.2 Å². The molecule has 204 valence electrons. The molecular formula is C26H39N5O6. The maximum absolute atomic E-state index is 13.4. The third-order valence-electron chi connectivity index (χ3n) is 6.52. The Bertz CT molecular complexity index is 983. The normalized spacial score (nSPS) is 18.4. The molecule has 2 N–H and O–H groups in total. The fourth-order valence-corrected chi connectivity index (χ4v) is 4.57. The van der Waals surface area contributed by atoms with E-state index in [1.807, 2.05) is 13.8 Å². The van der Waals surface area contributed by atoms with Crippen LogP contribution in [0.4, 0.5) is 9.59 Å². The standard InChI is InChI=1S/C26H39N5O6/c1-6-9-27-25(33)30-12-10-29(11-13-30)17-21-22(24(32)37-8-3)23(28-26(34)31(21)7-2)18-14-19(35-4)16-20(15-18)36-5/h14-16,23H,6-13,17H2,1-5H3,(H,27,33)(H,28,34)/t23-/m1/s1. The Hall–Kier alpha value is -3.47. The van der Waals surface area contributed by atoms with Crippen LogP contribution < -0.4 is 20.1 Å². The van der Waals surface area contributed by atoms with E-state index in [0.717, 1.165) is 6.42 Å². The van der Waals surface area contributed by atoms with E-state index in [1.54, 1.807) is 49.1 Å². The molecule has 1 saturated heterocycles. The quantitative estimate of drug-likeness (QED) is 0.458. The lowest BCUT2D eigenvalue weighted by atomic mass is 9.93. The van der Waals surface area contributed by atoms with Crippen LogP contribution in [0.3, 0.4) is 0 Å². The third-order valence-corrected chi connectivity index (χ3v) is 6.52. The summed E-state index contributed by atoms with van der Waals surface area (Å²) in [6.07, 6.45) is 0.881. The molecule has 4 amide bonds. The van der Waals surface area contributed by atoms with Gasteiger partial charge >= 0.3 is 18.0 Å². The number of hydrogen-bond donors (Lipinski definition) is 2. The van der Waals surface area contributed by atoms with Crippen molar-refractivity contribution in [2.75, 3.05) is 66.6 Å². The molecule has 11 nitrogen and oxygen atoms in total. The first kappa shape index (κ1) is 28.1. The van der Waals surface area contributed by atoms with Gasteiger partial charge < -0.3 is 29.7 Å². The molecule has 0 aliphatic carbocycles. The van der Waals surface area contributed by atoms with Crippen LogP contribution in [0.2, 0.25) is 0 Å². The Kier molecular flexibility index (Phi) is 10.0. The Morgan fingerprint density at radius 1 is 1.03 bits per heavy atom. The molecule has 2 aliphatic heterocycles. The van der Waals surface area contributed by atoms with Crippen LogP contribution in [0, 0.1) is 0 Å². The van der Waals surface area contributed by atoms with E-state index in [2.05, 4.69) is 15.5 Å². The summed E-state index contributed by atoms with van der Waals surface area (Å²) >= 11 is 0. The van der Waals surface area contributed by atoms with Crippen molar-refractivity contribution in [2.24, 2.45) is 0 Å². The minimum Gasteiger partial charge on any atom is -0.497 e. The molecule has 2 heterocycles. The molecule has 1 aromatic rings. The molecule has 0 radical (unpaired) electrons. The van der Waals surface area contributed by atoms with Crippen LogP contribution >= 0.6 is 0 Å². The van der Waals surface area contributed by atoms with E-state index in [9.17, 15) is 14.4 Å². The number of urea groups is 2.